The molecule has 1 aromatic carbocycles. The molecule has 0 spiro atoms. The van der Waals surface area contributed by atoms with Crippen molar-refractivity contribution in [1.82, 2.24) is 15.4 Å². The molecule has 0 saturated heterocycles. The van der Waals surface area contributed by atoms with E-state index in [0.29, 0.717) is 36.7 Å². The van der Waals surface area contributed by atoms with Crippen LogP contribution < -0.4 is 9.47 Å². The predicted molar refractivity (Wildman–Crippen MR) is 77.2 cm³/mol. The zero-order valence-corrected chi connectivity index (χ0v) is 12.5. The van der Waals surface area contributed by atoms with Crippen molar-refractivity contribution in [3.05, 3.63) is 35.4 Å². The number of hydrogen-bond donors (Lipinski definition) is 1. The maximum atomic E-state index is 14.3. The fourth-order valence-corrected chi connectivity index (χ4v) is 2.21. The van der Waals surface area contributed by atoms with E-state index < -0.39 is 0 Å². The number of aromatic amines is 1. The van der Waals surface area contributed by atoms with Gasteiger partial charge in [-0.25, -0.2) is 4.39 Å². The van der Waals surface area contributed by atoms with Crippen molar-refractivity contribution in [2.45, 2.75) is 33.1 Å². The number of nitrogens with one attached hydrogen (secondary N) is 1. The largest absolute Gasteiger partial charge is 0.490 e. The lowest BCUT2D eigenvalue weighted by molar-refractivity contribution is 0.285. The van der Waals surface area contributed by atoms with E-state index in [1.807, 2.05) is 20.8 Å². The van der Waals surface area contributed by atoms with Gasteiger partial charge in [-0.3, -0.25) is 0 Å². The van der Waals surface area contributed by atoms with Crippen molar-refractivity contribution < 1.29 is 13.9 Å². The molecule has 5 nitrogen and oxygen atoms in total. The van der Waals surface area contributed by atoms with Gasteiger partial charge in [0.05, 0.1) is 25.1 Å². The Morgan fingerprint density at radius 1 is 1.19 bits per heavy atom. The van der Waals surface area contributed by atoms with Gasteiger partial charge in [0.25, 0.3) is 0 Å². The minimum absolute atomic E-state index is 0.0371. The third kappa shape index (κ3) is 3.71. The van der Waals surface area contributed by atoms with Gasteiger partial charge in [-0.2, -0.15) is 15.4 Å². The topological polar surface area (TPSA) is 60.0 Å². The van der Waals surface area contributed by atoms with E-state index >= 15 is 0 Å². The van der Waals surface area contributed by atoms with Crippen LogP contribution in [0.25, 0.3) is 0 Å². The quantitative estimate of drug-likeness (QED) is 0.852. The molecule has 21 heavy (non-hydrogen) atoms. The molecule has 1 aromatic heterocycles. The van der Waals surface area contributed by atoms with Gasteiger partial charge in [-0.1, -0.05) is 6.92 Å². The standard InChI is InChI=1S/C15H20FN3O2/c1-4-20-14-7-12(13(16)8-15(14)21-5-2)10(3)6-11-9-17-19-18-11/h7-10H,4-6H2,1-3H3,(H,17,18,19). The second-order valence-corrected chi connectivity index (χ2v) is 4.75. The Morgan fingerprint density at radius 2 is 1.86 bits per heavy atom. The van der Waals surface area contributed by atoms with Gasteiger partial charge in [0.1, 0.15) is 5.82 Å². The van der Waals surface area contributed by atoms with Crippen LogP contribution in [0.5, 0.6) is 11.5 Å². The summed E-state index contributed by atoms with van der Waals surface area (Å²) in [4.78, 5) is 0. The van der Waals surface area contributed by atoms with Crippen LogP contribution in [0, 0.1) is 5.82 Å². The summed E-state index contributed by atoms with van der Waals surface area (Å²) in [6.45, 7) is 6.66. The fraction of sp³-hybridized carbons (Fsp3) is 0.467. The van der Waals surface area contributed by atoms with Crippen LogP contribution in [0.1, 0.15) is 37.9 Å². The highest BCUT2D eigenvalue weighted by molar-refractivity contribution is 5.45. The van der Waals surface area contributed by atoms with Crippen molar-refractivity contribution >= 4 is 0 Å². The summed E-state index contributed by atoms with van der Waals surface area (Å²) in [6, 6.07) is 3.11. The molecule has 0 saturated carbocycles. The molecule has 0 fully saturated rings. The number of rotatable bonds is 7. The first-order chi connectivity index (χ1) is 10.2. The summed E-state index contributed by atoms with van der Waals surface area (Å²) in [7, 11) is 0. The Kier molecular flexibility index (Phi) is 5.14. The summed E-state index contributed by atoms with van der Waals surface area (Å²) in [6.07, 6.45) is 2.25. The summed E-state index contributed by atoms with van der Waals surface area (Å²) >= 11 is 0. The zero-order valence-electron chi connectivity index (χ0n) is 12.5. The summed E-state index contributed by atoms with van der Waals surface area (Å²) in [5.41, 5.74) is 1.39. The molecule has 1 atom stereocenters. The molecule has 0 bridgehead atoms. The Bertz CT molecular complexity index is 573. The third-order valence-corrected chi connectivity index (χ3v) is 3.17. The van der Waals surface area contributed by atoms with Gasteiger partial charge in [0.2, 0.25) is 0 Å². The average Bonchev–Trinajstić information content (AvgIpc) is 2.95. The maximum absolute atomic E-state index is 14.3. The monoisotopic (exact) mass is 293 g/mol. The van der Waals surface area contributed by atoms with Crippen molar-refractivity contribution in [2.75, 3.05) is 13.2 Å². The summed E-state index contributed by atoms with van der Waals surface area (Å²) < 4.78 is 25.3. The summed E-state index contributed by atoms with van der Waals surface area (Å²) in [5, 5.41) is 10.3. The lowest BCUT2D eigenvalue weighted by Gasteiger charge is -2.16. The van der Waals surface area contributed by atoms with Crippen LogP contribution in [-0.2, 0) is 6.42 Å². The van der Waals surface area contributed by atoms with Gasteiger partial charge in [-0.15, -0.1) is 0 Å². The van der Waals surface area contributed by atoms with Crippen molar-refractivity contribution in [1.29, 1.82) is 0 Å². The number of benzene rings is 1. The van der Waals surface area contributed by atoms with Gasteiger partial charge in [0, 0.05) is 6.07 Å². The van der Waals surface area contributed by atoms with Gasteiger partial charge >= 0.3 is 0 Å². The summed E-state index contributed by atoms with van der Waals surface area (Å²) in [5.74, 6) is 0.680. The number of ether oxygens (including phenoxy) is 2. The van der Waals surface area contributed by atoms with E-state index in [-0.39, 0.29) is 11.7 Å². The second-order valence-electron chi connectivity index (χ2n) is 4.75. The molecule has 0 aliphatic rings. The van der Waals surface area contributed by atoms with Crippen LogP contribution in [0.3, 0.4) is 0 Å². The first kappa shape index (κ1) is 15.3. The van der Waals surface area contributed by atoms with E-state index in [0.717, 1.165) is 5.69 Å². The minimum atomic E-state index is -0.294. The Hall–Kier alpha value is -2.11. The van der Waals surface area contributed by atoms with Crippen LogP contribution in [0.2, 0.25) is 0 Å². The fourth-order valence-electron chi connectivity index (χ4n) is 2.21. The molecule has 0 amide bonds. The van der Waals surface area contributed by atoms with Crippen LogP contribution in [-0.4, -0.2) is 28.6 Å². The van der Waals surface area contributed by atoms with E-state index in [1.165, 1.54) is 6.07 Å². The third-order valence-electron chi connectivity index (χ3n) is 3.17. The van der Waals surface area contributed by atoms with Gasteiger partial charge in [0.15, 0.2) is 11.5 Å². The molecule has 1 heterocycles. The van der Waals surface area contributed by atoms with Crippen molar-refractivity contribution in [3.8, 4) is 11.5 Å². The molecule has 2 rings (SSSR count). The normalized spacial score (nSPS) is 12.2. The number of nitrogens with zero attached hydrogens (tertiary/aromatic N) is 2. The zero-order chi connectivity index (χ0) is 15.2. The molecule has 0 aliphatic heterocycles. The molecule has 2 aromatic rings. The maximum Gasteiger partial charge on any atom is 0.164 e. The van der Waals surface area contributed by atoms with E-state index in [9.17, 15) is 4.39 Å². The molecule has 114 valence electrons. The van der Waals surface area contributed by atoms with E-state index in [4.69, 9.17) is 9.47 Å². The predicted octanol–water partition coefficient (Wildman–Crippen LogP) is 3.09. The first-order valence-electron chi connectivity index (χ1n) is 7.09. The van der Waals surface area contributed by atoms with Crippen molar-refractivity contribution in [3.63, 3.8) is 0 Å². The molecular weight excluding hydrogens is 273 g/mol. The van der Waals surface area contributed by atoms with Crippen LogP contribution in [0.15, 0.2) is 18.3 Å². The number of H-pyrrole nitrogens is 1. The van der Waals surface area contributed by atoms with Gasteiger partial charge < -0.3 is 9.47 Å². The molecule has 1 N–H and O–H groups in total. The van der Waals surface area contributed by atoms with Gasteiger partial charge in [-0.05, 0) is 37.8 Å². The lowest BCUT2D eigenvalue weighted by atomic mass is 9.95. The van der Waals surface area contributed by atoms with Crippen LogP contribution in [0.4, 0.5) is 4.39 Å². The molecule has 0 aliphatic carbocycles. The molecule has 0 radical (unpaired) electrons. The Balaban J connectivity index is 2.27. The highest BCUT2D eigenvalue weighted by Gasteiger charge is 2.18. The second kappa shape index (κ2) is 7.06. The number of aromatic nitrogens is 3. The SMILES string of the molecule is CCOc1cc(F)c(C(C)Cc2cn[nH]n2)cc1OCC. The minimum Gasteiger partial charge on any atom is -0.490 e. The molecule has 6 heteroatoms. The van der Waals surface area contributed by atoms with E-state index in [2.05, 4.69) is 15.4 Å². The average molecular weight is 293 g/mol. The number of hydrogen-bond acceptors (Lipinski definition) is 4. The highest BCUT2D eigenvalue weighted by atomic mass is 19.1. The van der Waals surface area contributed by atoms with E-state index in [1.54, 1.807) is 12.3 Å². The molecule has 1 unspecified atom stereocenters. The lowest BCUT2D eigenvalue weighted by Crippen LogP contribution is -2.05. The molecular formula is C15H20FN3O2. The highest BCUT2D eigenvalue weighted by Crippen LogP contribution is 2.34. The van der Waals surface area contributed by atoms with Crippen LogP contribution >= 0.6 is 0 Å². The smallest absolute Gasteiger partial charge is 0.164 e. The first-order valence-corrected chi connectivity index (χ1v) is 7.09. The van der Waals surface area contributed by atoms with Crippen molar-refractivity contribution in [2.24, 2.45) is 0 Å². The number of halogens is 1. The Labute approximate surface area is 123 Å². The Morgan fingerprint density at radius 3 is 2.43 bits per heavy atom.